The van der Waals surface area contributed by atoms with Crippen LogP contribution in [-0.4, -0.2) is 15.0 Å². The summed E-state index contributed by atoms with van der Waals surface area (Å²) in [6.45, 7) is 2.24. The molecule has 1 atom stereocenters. The van der Waals surface area contributed by atoms with Crippen LogP contribution in [0.15, 0.2) is 48.7 Å². The van der Waals surface area contributed by atoms with Gasteiger partial charge in [0.1, 0.15) is 11.6 Å². The number of aromatic nitrogens is 3. The van der Waals surface area contributed by atoms with E-state index in [2.05, 4.69) is 29.0 Å². The lowest BCUT2D eigenvalue weighted by Gasteiger charge is -2.32. The topological polar surface area (TPSA) is 65.4 Å². The standard InChI is InChI=1S/C25H23FN4/c1-15(25-29-23-8-2-16(14-27)12-24(23)30-25)17-3-5-18(6-4-17)20-10-11-28-22-9-7-19(26)13-21(20)22/h2,7-13,15,17-18H,3-6H2,1H3,(H,29,30)/t15-,17?,18?/m1/s1. The minimum Gasteiger partial charge on any atom is -0.342 e. The Bertz CT molecular complexity index is 1260. The largest absolute Gasteiger partial charge is 0.342 e. The highest BCUT2D eigenvalue weighted by Crippen LogP contribution is 2.42. The van der Waals surface area contributed by atoms with Gasteiger partial charge in [0, 0.05) is 17.5 Å². The summed E-state index contributed by atoms with van der Waals surface area (Å²) in [7, 11) is 0. The molecule has 0 radical (unpaired) electrons. The maximum Gasteiger partial charge on any atom is 0.123 e. The van der Waals surface area contributed by atoms with E-state index in [1.54, 1.807) is 12.1 Å². The summed E-state index contributed by atoms with van der Waals surface area (Å²) in [6.07, 6.45) is 6.25. The summed E-state index contributed by atoms with van der Waals surface area (Å²) in [5.41, 5.74) is 4.56. The fourth-order valence-electron chi connectivity index (χ4n) is 4.96. The molecule has 1 aliphatic rings. The lowest BCUT2D eigenvalue weighted by molar-refractivity contribution is 0.286. The third-order valence-electron chi connectivity index (χ3n) is 6.72. The SMILES string of the molecule is C[C@@H](c1nc2cc(C#N)ccc2[nH]1)C1CCC(c2ccnc3ccc(F)cc23)CC1. The highest BCUT2D eigenvalue weighted by Gasteiger charge is 2.29. The molecule has 1 aliphatic carbocycles. The first-order valence-electron chi connectivity index (χ1n) is 10.6. The van der Waals surface area contributed by atoms with Crippen molar-refractivity contribution in [2.75, 3.05) is 0 Å². The summed E-state index contributed by atoms with van der Waals surface area (Å²) in [4.78, 5) is 12.6. The summed E-state index contributed by atoms with van der Waals surface area (Å²) in [6, 6.07) is 14.7. The molecule has 1 fully saturated rings. The number of nitrogens with one attached hydrogen (secondary N) is 1. The van der Waals surface area contributed by atoms with Gasteiger partial charge in [-0.1, -0.05) is 6.92 Å². The molecule has 0 saturated heterocycles. The van der Waals surface area contributed by atoms with Crippen LogP contribution in [-0.2, 0) is 0 Å². The van der Waals surface area contributed by atoms with Gasteiger partial charge in [-0.25, -0.2) is 9.37 Å². The average Bonchev–Trinajstić information content (AvgIpc) is 3.21. The molecule has 4 aromatic rings. The maximum atomic E-state index is 13.8. The number of H-pyrrole nitrogens is 1. The number of hydrogen-bond acceptors (Lipinski definition) is 3. The van der Waals surface area contributed by atoms with Crippen LogP contribution in [0.4, 0.5) is 4.39 Å². The zero-order valence-corrected chi connectivity index (χ0v) is 16.9. The molecule has 2 aromatic heterocycles. The second-order valence-electron chi connectivity index (χ2n) is 8.43. The first-order chi connectivity index (χ1) is 14.6. The van der Waals surface area contributed by atoms with Crippen LogP contribution in [0.3, 0.4) is 0 Å². The van der Waals surface area contributed by atoms with Crippen molar-refractivity contribution in [3.05, 3.63) is 71.4 Å². The van der Waals surface area contributed by atoms with E-state index in [1.807, 2.05) is 24.4 Å². The number of imidazole rings is 1. The lowest BCUT2D eigenvalue weighted by atomic mass is 9.73. The molecule has 150 valence electrons. The summed E-state index contributed by atoms with van der Waals surface area (Å²) in [5, 5.41) is 10.0. The predicted octanol–water partition coefficient (Wildman–Crippen LogP) is 6.20. The fraction of sp³-hybridized carbons (Fsp3) is 0.320. The Morgan fingerprint density at radius 3 is 2.70 bits per heavy atom. The van der Waals surface area contributed by atoms with Crippen molar-refractivity contribution in [1.82, 2.24) is 15.0 Å². The Morgan fingerprint density at radius 2 is 1.90 bits per heavy atom. The molecule has 0 amide bonds. The van der Waals surface area contributed by atoms with E-state index in [0.29, 0.717) is 23.3 Å². The molecule has 1 saturated carbocycles. The summed E-state index contributed by atoms with van der Waals surface area (Å²) in [5.74, 6) is 2.12. The van der Waals surface area contributed by atoms with E-state index in [1.165, 1.54) is 11.6 Å². The molecule has 4 nitrogen and oxygen atoms in total. The average molecular weight is 398 g/mol. The Morgan fingerprint density at radius 1 is 1.07 bits per heavy atom. The number of halogens is 1. The van der Waals surface area contributed by atoms with Crippen molar-refractivity contribution in [3.63, 3.8) is 0 Å². The number of hydrogen-bond donors (Lipinski definition) is 1. The third kappa shape index (κ3) is 3.33. The number of fused-ring (bicyclic) bond motifs is 2. The first kappa shape index (κ1) is 18.7. The van der Waals surface area contributed by atoms with Gasteiger partial charge >= 0.3 is 0 Å². The van der Waals surface area contributed by atoms with Gasteiger partial charge in [-0.15, -0.1) is 0 Å². The van der Waals surface area contributed by atoms with E-state index in [9.17, 15) is 4.39 Å². The van der Waals surface area contributed by atoms with E-state index < -0.39 is 0 Å². The number of rotatable bonds is 3. The van der Waals surface area contributed by atoms with Crippen LogP contribution >= 0.6 is 0 Å². The van der Waals surface area contributed by atoms with Crippen LogP contribution < -0.4 is 0 Å². The second-order valence-corrected chi connectivity index (χ2v) is 8.43. The van der Waals surface area contributed by atoms with E-state index in [4.69, 9.17) is 10.2 Å². The van der Waals surface area contributed by atoms with Gasteiger partial charge in [0.05, 0.1) is 28.2 Å². The van der Waals surface area contributed by atoms with Crippen LogP contribution in [0.1, 0.15) is 61.4 Å². The molecule has 0 aliphatic heterocycles. The molecule has 0 spiro atoms. The van der Waals surface area contributed by atoms with Gasteiger partial charge in [0.15, 0.2) is 0 Å². The minimum absolute atomic E-state index is 0.205. The minimum atomic E-state index is -0.205. The predicted molar refractivity (Wildman–Crippen MR) is 116 cm³/mol. The molecule has 30 heavy (non-hydrogen) atoms. The Labute approximate surface area is 174 Å². The zero-order valence-electron chi connectivity index (χ0n) is 16.9. The van der Waals surface area contributed by atoms with Gasteiger partial charge in [-0.2, -0.15) is 5.26 Å². The highest BCUT2D eigenvalue weighted by molar-refractivity contribution is 5.82. The second kappa shape index (κ2) is 7.53. The van der Waals surface area contributed by atoms with Crippen molar-refractivity contribution in [1.29, 1.82) is 5.26 Å². The van der Waals surface area contributed by atoms with Crippen molar-refractivity contribution >= 4 is 21.9 Å². The molecule has 5 heteroatoms. The van der Waals surface area contributed by atoms with Crippen molar-refractivity contribution in [2.24, 2.45) is 5.92 Å². The molecule has 1 N–H and O–H groups in total. The van der Waals surface area contributed by atoms with Gasteiger partial charge in [-0.3, -0.25) is 4.98 Å². The monoisotopic (exact) mass is 398 g/mol. The van der Waals surface area contributed by atoms with Crippen molar-refractivity contribution in [3.8, 4) is 6.07 Å². The van der Waals surface area contributed by atoms with Crippen molar-refractivity contribution in [2.45, 2.75) is 44.4 Å². The smallest absolute Gasteiger partial charge is 0.123 e. The Balaban J connectivity index is 1.34. The number of nitriles is 1. The van der Waals surface area contributed by atoms with Gasteiger partial charge < -0.3 is 4.98 Å². The lowest BCUT2D eigenvalue weighted by Crippen LogP contribution is -2.19. The van der Waals surface area contributed by atoms with Crippen LogP contribution in [0.25, 0.3) is 21.9 Å². The molecule has 5 rings (SSSR count). The normalized spacial score (nSPS) is 20.3. The maximum absolute atomic E-state index is 13.8. The number of nitrogens with zero attached hydrogens (tertiary/aromatic N) is 3. The number of aromatic amines is 1. The summed E-state index contributed by atoms with van der Waals surface area (Å²) < 4.78 is 13.8. The zero-order chi connectivity index (χ0) is 20.7. The molecule has 0 unspecified atom stereocenters. The number of pyridine rings is 1. The molecule has 2 aromatic carbocycles. The molecule has 2 heterocycles. The van der Waals surface area contributed by atoms with Gasteiger partial charge in [0.2, 0.25) is 0 Å². The van der Waals surface area contributed by atoms with E-state index >= 15 is 0 Å². The Kier molecular flexibility index (Phi) is 4.71. The van der Waals surface area contributed by atoms with Crippen molar-refractivity contribution < 1.29 is 4.39 Å². The fourth-order valence-corrected chi connectivity index (χ4v) is 4.96. The van der Waals surface area contributed by atoms with E-state index in [0.717, 1.165) is 53.4 Å². The summed E-state index contributed by atoms with van der Waals surface area (Å²) >= 11 is 0. The molecule has 0 bridgehead atoms. The van der Waals surface area contributed by atoms with Crippen LogP contribution in [0.5, 0.6) is 0 Å². The Hall–Kier alpha value is -3.26. The van der Waals surface area contributed by atoms with Gasteiger partial charge in [-0.05, 0) is 85.5 Å². The highest BCUT2D eigenvalue weighted by atomic mass is 19.1. The van der Waals surface area contributed by atoms with Crippen LogP contribution in [0.2, 0.25) is 0 Å². The van der Waals surface area contributed by atoms with E-state index in [-0.39, 0.29) is 5.82 Å². The molecular weight excluding hydrogens is 375 g/mol. The number of benzene rings is 2. The third-order valence-corrected chi connectivity index (χ3v) is 6.72. The molecular formula is C25H23FN4. The quantitative estimate of drug-likeness (QED) is 0.447. The first-order valence-corrected chi connectivity index (χ1v) is 10.6. The van der Waals surface area contributed by atoms with Crippen LogP contribution in [0, 0.1) is 23.1 Å². The van der Waals surface area contributed by atoms with Gasteiger partial charge in [0.25, 0.3) is 0 Å².